The molecule has 0 spiro atoms. The van der Waals surface area contributed by atoms with Crippen LogP contribution >= 0.6 is 0 Å². The maximum Gasteiger partial charge on any atom is 0.289 e. The summed E-state index contributed by atoms with van der Waals surface area (Å²) < 4.78 is 4.54. The summed E-state index contributed by atoms with van der Waals surface area (Å²) in [4.78, 5) is 18.5. The zero-order valence-corrected chi connectivity index (χ0v) is 23.8. The minimum absolute atomic E-state index is 0.0391. The van der Waals surface area contributed by atoms with E-state index in [1.807, 2.05) is 31.4 Å². The zero-order chi connectivity index (χ0) is 27.7. The number of allylic oxidation sites excluding steroid dienone is 4. The van der Waals surface area contributed by atoms with Crippen molar-refractivity contribution in [3.05, 3.63) is 95.5 Å². The maximum absolute atomic E-state index is 12.4. The van der Waals surface area contributed by atoms with Gasteiger partial charge in [0.1, 0.15) is 11.5 Å². The van der Waals surface area contributed by atoms with Gasteiger partial charge in [-0.2, -0.15) is 0 Å². The Kier molecular flexibility index (Phi) is 7.38. The molecular weight excluding hydrogens is 482 g/mol. The molecule has 39 heavy (non-hydrogen) atoms. The van der Waals surface area contributed by atoms with Gasteiger partial charge in [-0.15, -0.1) is 0 Å². The average Bonchev–Trinajstić information content (AvgIpc) is 3.09. The average molecular weight is 521 g/mol. The minimum Gasteiger partial charge on any atom is -0.373 e. The van der Waals surface area contributed by atoms with Crippen molar-refractivity contribution in [2.24, 2.45) is 20.0 Å². The molecule has 5 rings (SSSR count). The lowest BCUT2D eigenvalue weighted by Crippen LogP contribution is -2.30. The van der Waals surface area contributed by atoms with E-state index in [-0.39, 0.29) is 5.91 Å². The first kappa shape index (κ1) is 26.4. The molecule has 0 saturated heterocycles. The first-order valence-electron chi connectivity index (χ1n) is 13.6. The van der Waals surface area contributed by atoms with Gasteiger partial charge in [-0.25, -0.2) is 14.1 Å². The monoisotopic (exact) mass is 520 g/mol. The number of carbonyl (C=O) groups excluding carboxylic acids is 1. The van der Waals surface area contributed by atoms with Gasteiger partial charge < -0.3 is 10.2 Å². The van der Waals surface area contributed by atoms with Gasteiger partial charge in [-0.3, -0.25) is 4.79 Å². The fourth-order valence-corrected chi connectivity index (χ4v) is 5.66. The molecule has 1 aliphatic rings. The van der Waals surface area contributed by atoms with Crippen molar-refractivity contribution in [2.75, 3.05) is 26.5 Å². The molecule has 3 heterocycles. The number of nitrogens with zero attached hydrogens (tertiary/aromatic N) is 4. The van der Waals surface area contributed by atoms with Crippen LogP contribution in [0.3, 0.4) is 0 Å². The Morgan fingerprint density at radius 1 is 1.15 bits per heavy atom. The second-order valence-corrected chi connectivity index (χ2v) is 10.7. The van der Waals surface area contributed by atoms with Crippen LogP contribution < -0.4 is 9.88 Å². The first-order chi connectivity index (χ1) is 18.8. The number of hydrogen-bond donors (Lipinski definition) is 1. The summed E-state index contributed by atoms with van der Waals surface area (Å²) >= 11 is 0. The van der Waals surface area contributed by atoms with Crippen LogP contribution in [0.4, 0.5) is 5.82 Å². The molecule has 200 valence electrons. The normalized spacial score (nSPS) is 15.2. The highest BCUT2D eigenvalue weighted by atomic mass is 16.2. The third-order valence-corrected chi connectivity index (χ3v) is 7.83. The number of hydrogen-bond acceptors (Lipinski definition) is 3. The topological polar surface area (TPSA) is 54.0 Å². The van der Waals surface area contributed by atoms with Crippen molar-refractivity contribution < 1.29 is 9.36 Å². The summed E-state index contributed by atoms with van der Waals surface area (Å²) in [5.41, 5.74) is 9.29. The summed E-state index contributed by atoms with van der Waals surface area (Å²) in [6, 6.07) is 14.8. The predicted molar refractivity (Wildman–Crippen MR) is 160 cm³/mol. The highest BCUT2D eigenvalue weighted by molar-refractivity contribution is 5.94. The predicted octanol–water partition coefficient (Wildman–Crippen LogP) is 5.71. The highest BCUT2D eigenvalue weighted by Gasteiger charge is 2.22. The van der Waals surface area contributed by atoms with Crippen LogP contribution in [0.25, 0.3) is 27.7 Å². The lowest BCUT2D eigenvalue weighted by Gasteiger charge is -2.14. The number of carbonyl (C=O) groups is 1. The fourth-order valence-electron chi connectivity index (χ4n) is 5.66. The van der Waals surface area contributed by atoms with Crippen LogP contribution in [0.1, 0.15) is 40.0 Å². The lowest BCUT2D eigenvalue weighted by molar-refractivity contribution is -0.647. The van der Waals surface area contributed by atoms with Crippen LogP contribution in [0.15, 0.2) is 73.1 Å². The van der Waals surface area contributed by atoms with Gasteiger partial charge in [-0.05, 0) is 78.8 Å². The Balaban J connectivity index is 1.40. The lowest BCUT2D eigenvalue weighted by atomic mass is 9.94. The van der Waals surface area contributed by atoms with E-state index < -0.39 is 0 Å². The third kappa shape index (κ3) is 5.24. The van der Waals surface area contributed by atoms with E-state index in [1.165, 1.54) is 33.4 Å². The quantitative estimate of drug-likeness (QED) is 0.262. The largest absolute Gasteiger partial charge is 0.373 e. The molecule has 1 N–H and O–H groups in total. The number of benzene rings is 1. The van der Waals surface area contributed by atoms with Gasteiger partial charge >= 0.3 is 0 Å². The van der Waals surface area contributed by atoms with Gasteiger partial charge in [0.2, 0.25) is 0 Å². The number of amides is 1. The van der Waals surface area contributed by atoms with E-state index in [9.17, 15) is 4.79 Å². The minimum atomic E-state index is 0.0391. The Morgan fingerprint density at radius 2 is 1.97 bits per heavy atom. The molecule has 1 aromatic carbocycles. The maximum atomic E-state index is 12.4. The molecule has 0 aliphatic heterocycles. The molecule has 1 atom stereocenters. The summed E-state index contributed by atoms with van der Waals surface area (Å²) in [6.07, 6.45) is 14.0. The molecule has 0 saturated carbocycles. The summed E-state index contributed by atoms with van der Waals surface area (Å²) in [6.45, 7) is 2.10. The van der Waals surface area contributed by atoms with E-state index in [0.717, 1.165) is 41.8 Å². The molecule has 6 nitrogen and oxygen atoms in total. The standard InChI is InChI=1S/C33H37N5O/c1-22-18-25(33(39)36(3)4)12-14-28(22)24-9-7-8-23(10-11-24)19-27-20-30-29(16-17-37(5)32(30)38(27)6)26-13-15-31(34-2)35-21-26/h7-8,11-18,20-21,23H,9-10,19H2,1-6H3/p+1. The van der Waals surface area contributed by atoms with E-state index in [4.69, 9.17) is 0 Å². The van der Waals surface area contributed by atoms with Crippen LogP contribution in [0.2, 0.25) is 0 Å². The van der Waals surface area contributed by atoms with E-state index >= 15 is 0 Å². The van der Waals surface area contributed by atoms with Crippen molar-refractivity contribution in [1.82, 2.24) is 14.5 Å². The van der Waals surface area contributed by atoms with Gasteiger partial charge in [0.15, 0.2) is 0 Å². The Bertz CT molecular complexity index is 1590. The van der Waals surface area contributed by atoms with Crippen molar-refractivity contribution in [2.45, 2.75) is 26.2 Å². The molecule has 1 aliphatic carbocycles. The first-order valence-corrected chi connectivity index (χ1v) is 13.6. The van der Waals surface area contributed by atoms with E-state index in [2.05, 4.69) is 89.1 Å². The van der Waals surface area contributed by atoms with Gasteiger partial charge in [0.25, 0.3) is 11.6 Å². The number of aryl methyl sites for hydroxylation is 3. The van der Waals surface area contributed by atoms with Crippen LogP contribution in [0, 0.1) is 12.8 Å². The number of rotatable bonds is 6. The van der Waals surface area contributed by atoms with Crippen molar-refractivity contribution in [3.63, 3.8) is 0 Å². The smallest absolute Gasteiger partial charge is 0.289 e. The third-order valence-electron chi connectivity index (χ3n) is 7.83. The summed E-state index contributed by atoms with van der Waals surface area (Å²) in [5, 5.41) is 4.34. The summed E-state index contributed by atoms with van der Waals surface area (Å²) in [7, 11) is 9.75. The molecule has 4 aromatic rings. The van der Waals surface area contributed by atoms with Crippen molar-refractivity contribution >= 4 is 28.3 Å². The molecule has 0 radical (unpaired) electrons. The Labute approximate surface area is 231 Å². The van der Waals surface area contributed by atoms with Crippen LogP contribution in [-0.2, 0) is 20.5 Å². The number of nitrogens with one attached hydrogen (secondary N) is 1. The Hall–Kier alpha value is -4.19. The van der Waals surface area contributed by atoms with Gasteiger partial charge in [-0.1, -0.05) is 24.3 Å². The van der Waals surface area contributed by atoms with E-state index in [0.29, 0.717) is 5.92 Å². The molecule has 3 aromatic heterocycles. The van der Waals surface area contributed by atoms with E-state index in [1.54, 1.807) is 19.0 Å². The fraction of sp³-hybridized carbons (Fsp3) is 0.303. The van der Waals surface area contributed by atoms with Crippen molar-refractivity contribution in [1.29, 1.82) is 0 Å². The second kappa shape index (κ2) is 10.9. The van der Waals surface area contributed by atoms with Crippen molar-refractivity contribution in [3.8, 4) is 11.1 Å². The van der Waals surface area contributed by atoms with Crippen LogP contribution in [0.5, 0.6) is 0 Å². The van der Waals surface area contributed by atoms with Crippen LogP contribution in [-0.4, -0.2) is 41.5 Å². The second-order valence-electron chi connectivity index (χ2n) is 10.7. The SMILES string of the molecule is CNc1ccc(-c2cc[n+](C)c3c2cc(CC2C=CCC(c4ccc(C(=O)N(C)C)cc4C)=CC2)n3C)cn1. The number of fused-ring (bicyclic) bond motifs is 1. The molecular formula is C33H38N5O+. The zero-order valence-electron chi connectivity index (χ0n) is 23.8. The summed E-state index contributed by atoms with van der Waals surface area (Å²) in [5.74, 6) is 1.33. The molecule has 6 heteroatoms. The molecule has 0 fully saturated rings. The molecule has 1 unspecified atom stereocenters. The van der Waals surface area contributed by atoms with Gasteiger partial charge in [0, 0.05) is 50.5 Å². The highest BCUT2D eigenvalue weighted by Crippen LogP contribution is 2.32. The number of anilines is 1. The molecule has 0 bridgehead atoms. The number of pyridine rings is 2. The number of aromatic nitrogens is 3. The molecule has 1 amide bonds. The Morgan fingerprint density at radius 3 is 2.67 bits per heavy atom. The van der Waals surface area contributed by atoms with Gasteiger partial charge in [0.05, 0.1) is 25.7 Å².